The first kappa shape index (κ1) is 9.97. The van der Waals surface area contributed by atoms with E-state index in [0.717, 1.165) is 25.9 Å². The maximum Gasteiger partial charge on any atom is 0.249 e. The molecule has 1 aromatic heterocycles. The first-order valence-electron chi connectivity index (χ1n) is 5.01. The molecular weight excluding hydrogens is 194 g/mol. The molecule has 1 saturated heterocycles. The van der Waals surface area contributed by atoms with Crippen LogP contribution >= 0.6 is 0 Å². The summed E-state index contributed by atoms with van der Waals surface area (Å²) in [6.45, 7) is 1.72. The molecule has 1 amide bonds. The van der Waals surface area contributed by atoms with Crippen LogP contribution in [0.2, 0.25) is 0 Å². The highest BCUT2D eigenvalue weighted by Crippen LogP contribution is 2.11. The van der Waals surface area contributed by atoms with Crippen LogP contribution in [0.25, 0.3) is 0 Å². The SMILES string of the molecule is O=C(Nc1nccnn1)[C@H]1CCCNC1. The van der Waals surface area contributed by atoms with E-state index in [1.165, 1.54) is 12.4 Å². The van der Waals surface area contributed by atoms with Crippen LogP contribution in [0.1, 0.15) is 12.8 Å². The Bertz CT molecular complexity index is 323. The van der Waals surface area contributed by atoms with Gasteiger partial charge >= 0.3 is 0 Å². The number of carbonyl (C=O) groups is 1. The lowest BCUT2D eigenvalue weighted by atomic mass is 9.99. The Morgan fingerprint density at radius 3 is 3.13 bits per heavy atom. The van der Waals surface area contributed by atoms with E-state index in [2.05, 4.69) is 25.8 Å². The van der Waals surface area contributed by atoms with Gasteiger partial charge in [0.2, 0.25) is 11.9 Å². The topological polar surface area (TPSA) is 79.8 Å². The lowest BCUT2D eigenvalue weighted by Crippen LogP contribution is -2.37. The van der Waals surface area contributed by atoms with E-state index in [9.17, 15) is 4.79 Å². The Labute approximate surface area is 87.5 Å². The number of amides is 1. The van der Waals surface area contributed by atoms with Gasteiger partial charge in [0.05, 0.1) is 18.3 Å². The summed E-state index contributed by atoms with van der Waals surface area (Å²) in [5.74, 6) is 0.255. The van der Waals surface area contributed by atoms with Crippen LogP contribution < -0.4 is 10.6 Å². The average molecular weight is 207 g/mol. The van der Waals surface area contributed by atoms with Crippen LogP contribution in [0.15, 0.2) is 12.4 Å². The second-order valence-electron chi connectivity index (χ2n) is 3.50. The van der Waals surface area contributed by atoms with Gasteiger partial charge < -0.3 is 5.32 Å². The smallest absolute Gasteiger partial charge is 0.249 e. The second kappa shape index (κ2) is 4.79. The maximum atomic E-state index is 11.7. The number of hydrogen-bond donors (Lipinski definition) is 2. The molecule has 2 N–H and O–H groups in total. The number of hydrogen-bond acceptors (Lipinski definition) is 5. The van der Waals surface area contributed by atoms with Gasteiger partial charge in [0.25, 0.3) is 0 Å². The van der Waals surface area contributed by atoms with E-state index < -0.39 is 0 Å². The fraction of sp³-hybridized carbons (Fsp3) is 0.556. The van der Waals surface area contributed by atoms with Crippen molar-refractivity contribution in [3.63, 3.8) is 0 Å². The molecule has 0 radical (unpaired) electrons. The largest absolute Gasteiger partial charge is 0.316 e. The predicted molar refractivity (Wildman–Crippen MR) is 54.1 cm³/mol. The Balaban J connectivity index is 1.91. The van der Waals surface area contributed by atoms with E-state index in [4.69, 9.17) is 0 Å². The molecule has 0 unspecified atom stereocenters. The van der Waals surface area contributed by atoms with Crippen molar-refractivity contribution in [2.24, 2.45) is 5.92 Å². The summed E-state index contributed by atoms with van der Waals surface area (Å²) in [5, 5.41) is 13.2. The minimum atomic E-state index is -0.0322. The van der Waals surface area contributed by atoms with Gasteiger partial charge in [-0.05, 0) is 19.4 Å². The molecule has 0 aromatic carbocycles. The summed E-state index contributed by atoms with van der Waals surface area (Å²) in [7, 11) is 0. The zero-order valence-electron chi connectivity index (χ0n) is 8.31. The predicted octanol–water partition coefficient (Wildman–Crippen LogP) is -0.190. The van der Waals surface area contributed by atoms with Crippen LogP contribution in [0.3, 0.4) is 0 Å². The number of anilines is 1. The maximum absolute atomic E-state index is 11.7. The van der Waals surface area contributed by atoms with Crippen molar-refractivity contribution < 1.29 is 4.79 Å². The third-order valence-corrected chi connectivity index (χ3v) is 2.39. The van der Waals surface area contributed by atoms with E-state index in [-0.39, 0.29) is 17.8 Å². The molecular formula is C9H13N5O. The number of nitrogens with zero attached hydrogens (tertiary/aromatic N) is 3. The molecule has 6 heteroatoms. The fourth-order valence-corrected chi connectivity index (χ4v) is 1.59. The van der Waals surface area contributed by atoms with Gasteiger partial charge in [-0.15, -0.1) is 5.10 Å². The van der Waals surface area contributed by atoms with Crippen molar-refractivity contribution in [1.29, 1.82) is 0 Å². The first-order chi connectivity index (χ1) is 7.36. The van der Waals surface area contributed by atoms with Crippen molar-refractivity contribution in [3.05, 3.63) is 12.4 Å². The highest BCUT2D eigenvalue weighted by Gasteiger charge is 2.21. The summed E-state index contributed by atoms with van der Waals surface area (Å²) >= 11 is 0. The molecule has 1 fully saturated rings. The molecule has 15 heavy (non-hydrogen) atoms. The lowest BCUT2D eigenvalue weighted by molar-refractivity contribution is -0.120. The number of carbonyl (C=O) groups excluding carboxylic acids is 1. The Hall–Kier alpha value is -1.56. The van der Waals surface area contributed by atoms with Gasteiger partial charge in [-0.25, -0.2) is 4.98 Å². The highest BCUT2D eigenvalue weighted by molar-refractivity contribution is 5.91. The number of aromatic nitrogens is 3. The molecule has 1 aliphatic heterocycles. The Kier molecular flexibility index (Phi) is 3.18. The van der Waals surface area contributed by atoms with Gasteiger partial charge in [0.1, 0.15) is 0 Å². The third-order valence-electron chi connectivity index (χ3n) is 2.39. The zero-order chi connectivity index (χ0) is 10.5. The molecule has 6 nitrogen and oxygen atoms in total. The minimum Gasteiger partial charge on any atom is -0.316 e. The molecule has 2 rings (SSSR count). The number of nitrogens with one attached hydrogen (secondary N) is 2. The van der Waals surface area contributed by atoms with Crippen LogP contribution in [0, 0.1) is 5.92 Å². The molecule has 1 aromatic rings. The van der Waals surface area contributed by atoms with Crippen molar-refractivity contribution in [2.45, 2.75) is 12.8 Å². The second-order valence-corrected chi connectivity index (χ2v) is 3.50. The first-order valence-corrected chi connectivity index (χ1v) is 5.01. The van der Waals surface area contributed by atoms with Crippen LogP contribution in [-0.2, 0) is 4.79 Å². The molecule has 0 aliphatic carbocycles. The molecule has 0 spiro atoms. The van der Waals surface area contributed by atoms with Crippen LogP contribution in [-0.4, -0.2) is 34.2 Å². The highest BCUT2D eigenvalue weighted by atomic mass is 16.2. The standard InChI is InChI=1S/C9H13N5O/c15-8(7-2-1-3-10-6-7)13-9-11-4-5-12-14-9/h4-5,7,10H,1-3,6H2,(H,11,13,14,15)/t7-/m0/s1. The van der Waals surface area contributed by atoms with E-state index in [0.29, 0.717) is 0 Å². The van der Waals surface area contributed by atoms with Crippen LogP contribution in [0.4, 0.5) is 5.95 Å². The molecule has 1 atom stereocenters. The van der Waals surface area contributed by atoms with Crippen molar-refractivity contribution in [2.75, 3.05) is 18.4 Å². The van der Waals surface area contributed by atoms with Crippen molar-refractivity contribution in [1.82, 2.24) is 20.5 Å². The monoisotopic (exact) mass is 207 g/mol. The normalized spacial score (nSPS) is 20.9. The summed E-state index contributed by atoms with van der Waals surface area (Å²) in [4.78, 5) is 15.6. The average Bonchev–Trinajstić information content (AvgIpc) is 2.31. The fourth-order valence-electron chi connectivity index (χ4n) is 1.59. The Morgan fingerprint density at radius 2 is 2.47 bits per heavy atom. The summed E-state index contributed by atoms with van der Waals surface area (Å²) in [5.41, 5.74) is 0. The van der Waals surface area contributed by atoms with Crippen molar-refractivity contribution >= 4 is 11.9 Å². The van der Waals surface area contributed by atoms with E-state index in [1.807, 2.05) is 0 Å². The Morgan fingerprint density at radius 1 is 1.53 bits per heavy atom. The van der Waals surface area contributed by atoms with Crippen LogP contribution in [0.5, 0.6) is 0 Å². The van der Waals surface area contributed by atoms with Gasteiger partial charge in [-0.2, -0.15) is 5.10 Å². The van der Waals surface area contributed by atoms with E-state index >= 15 is 0 Å². The summed E-state index contributed by atoms with van der Waals surface area (Å²) in [6, 6.07) is 0. The molecule has 0 saturated carbocycles. The quantitative estimate of drug-likeness (QED) is 0.702. The number of piperidine rings is 1. The van der Waals surface area contributed by atoms with Gasteiger partial charge in [-0.3, -0.25) is 10.1 Å². The number of rotatable bonds is 2. The van der Waals surface area contributed by atoms with E-state index in [1.54, 1.807) is 0 Å². The summed E-state index contributed by atoms with van der Waals surface area (Å²) in [6.07, 6.45) is 4.92. The van der Waals surface area contributed by atoms with Crippen molar-refractivity contribution in [3.8, 4) is 0 Å². The zero-order valence-corrected chi connectivity index (χ0v) is 8.31. The minimum absolute atomic E-state index is 0.0163. The summed E-state index contributed by atoms with van der Waals surface area (Å²) < 4.78 is 0. The molecule has 80 valence electrons. The van der Waals surface area contributed by atoms with Gasteiger partial charge in [0.15, 0.2) is 0 Å². The van der Waals surface area contributed by atoms with Gasteiger partial charge in [-0.1, -0.05) is 0 Å². The lowest BCUT2D eigenvalue weighted by Gasteiger charge is -2.21. The third kappa shape index (κ3) is 2.69. The molecule has 0 bridgehead atoms. The molecule has 2 heterocycles. The van der Waals surface area contributed by atoms with Gasteiger partial charge in [0, 0.05) is 6.54 Å². The molecule has 1 aliphatic rings.